The molecule has 1 heterocycles. The fraction of sp³-hybridized carbons (Fsp3) is 0.769. The van der Waals surface area contributed by atoms with Crippen molar-refractivity contribution in [2.45, 2.75) is 46.2 Å². The smallest absolute Gasteiger partial charge is 0.0798 e. The number of aromatic nitrogens is 1. The Balaban J connectivity index is 2.21. The van der Waals surface area contributed by atoms with Gasteiger partial charge >= 0.3 is 0 Å². The molecule has 0 saturated heterocycles. The van der Waals surface area contributed by atoms with E-state index in [1.54, 1.807) is 11.3 Å². The van der Waals surface area contributed by atoms with E-state index in [1.807, 2.05) is 5.51 Å². The molecule has 0 amide bonds. The third-order valence-corrected chi connectivity index (χ3v) is 4.09. The molecule has 0 atom stereocenters. The average molecular weight is 255 g/mol. The van der Waals surface area contributed by atoms with Crippen molar-refractivity contribution >= 4 is 11.3 Å². The van der Waals surface area contributed by atoms with Crippen LogP contribution in [0.1, 0.15) is 37.3 Å². The number of nitrogens with zero attached hydrogens (tertiary/aromatic N) is 2. The minimum absolute atomic E-state index is 0.675. The van der Waals surface area contributed by atoms with E-state index in [-0.39, 0.29) is 0 Å². The van der Waals surface area contributed by atoms with Crippen molar-refractivity contribution in [3.63, 3.8) is 0 Å². The predicted molar refractivity (Wildman–Crippen MR) is 75.6 cm³/mol. The maximum absolute atomic E-state index is 4.28. The fourth-order valence-electron chi connectivity index (χ4n) is 1.84. The average Bonchev–Trinajstić information content (AvgIpc) is 2.71. The standard InChI is InChI=1S/C13H25N3S/c1-5-12(6-2)14-7-8-16(4)9-13-11(3)15-10-17-13/h10,12,14H,5-9H2,1-4H3. The van der Waals surface area contributed by atoms with E-state index in [2.05, 4.69) is 43.0 Å². The molecule has 0 aromatic carbocycles. The number of aryl methyl sites for hydroxylation is 1. The van der Waals surface area contributed by atoms with E-state index in [0.717, 1.165) is 19.6 Å². The number of hydrogen-bond acceptors (Lipinski definition) is 4. The molecule has 0 spiro atoms. The Bertz CT molecular complexity index is 307. The monoisotopic (exact) mass is 255 g/mol. The van der Waals surface area contributed by atoms with Crippen molar-refractivity contribution in [3.05, 3.63) is 16.1 Å². The van der Waals surface area contributed by atoms with Gasteiger partial charge < -0.3 is 5.32 Å². The first kappa shape index (κ1) is 14.6. The van der Waals surface area contributed by atoms with Crippen molar-refractivity contribution in [2.75, 3.05) is 20.1 Å². The maximum atomic E-state index is 4.28. The van der Waals surface area contributed by atoms with Crippen LogP contribution in [-0.4, -0.2) is 36.1 Å². The van der Waals surface area contributed by atoms with Crippen LogP contribution in [0, 0.1) is 6.92 Å². The van der Waals surface area contributed by atoms with Gasteiger partial charge in [0, 0.05) is 30.6 Å². The first-order valence-corrected chi connectivity index (χ1v) is 7.36. The van der Waals surface area contributed by atoms with Gasteiger partial charge in [0.1, 0.15) is 0 Å². The van der Waals surface area contributed by atoms with Gasteiger partial charge in [-0.05, 0) is 26.8 Å². The van der Waals surface area contributed by atoms with Crippen molar-refractivity contribution in [2.24, 2.45) is 0 Å². The minimum Gasteiger partial charge on any atom is -0.313 e. The van der Waals surface area contributed by atoms with Gasteiger partial charge in [0.25, 0.3) is 0 Å². The van der Waals surface area contributed by atoms with Crippen LogP contribution in [0.15, 0.2) is 5.51 Å². The molecule has 17 heavy (non-hydrogen) atoms. The van der Waals surface area contributed by atoms with Crippen LogP contribution in [-0.2, 0) is 6.54 Å². The first-order chi connectivity index (χ1) is 8.17. The molecule has 3 nitrogen and oxygen atoms in total. The van der Waals surface area contributed by atoms with E-state index in [0.29, 0.717) is 6.04 Å². The molecular weight excluding hydrogens is 230 g/mol. The molecule has 0 radical (unpaired) electrons. The summed E-state index contributed by atoms with van der Waals surface area (Å²) in [5.41, 5.74) is 3.11. The largest absolute Gasteiger partial charge is 0.313 e. The summed E-state index contributed by atoms with van der Waals surface area (Å²) >= 11 is 1.75. The van der Waals surface area contributed by atoms with Crippen LogP contribution in [0.5, 0.6) is 0 Å². The van der Waals surface area contributed by atoms with Crippen LogP contribution in [0.25, 0.3) is 0 Å². The topological polar surface area (TPSA) is 28.2 Å². The van der Waals surface area contributed by atoms with Crippen LogP contribution >= 0.6 is 11.3 Å². The first-order valence-electron chi connectivity index (χ1n) is 6.48. The van der Waals surface area contributed by atoms with Gasteiger partial charge in [-0.3, -0.25) is 4.90 Å². The number of thiazole rings is 1. The molecule has 1 aromatic rings. The summed E-state index contributed by atoms with van der Waals surface area (Å²) < 4.78 is 0. The molecule has 4 heteroatoms. The summed E-state index contributed by atoms with van der Waals surface area (Å²) in [6.07, 6.45) is 2.43. The number of hydrogen-bond donors (Lipinski definition) is 1. The third kappa shape index (κ3) is 5.15. The number of nitrogens with one attached hydrogen (secondary N) is 1. The molecule has 0 aliphatic heterocycles. The molecule has 1 rings (SSSR count). The number of likely N-dealkylation sites (N-methyl/N-ethyl adjacent to an activating group) is 1. The van der Waals surface area contributed by atoms with Crippen LogP contribution in [0.3, 0.4) is 0 Å². The van der Waals surface area contributed by atoms with Crippen molar-refractivity contribution < 1.29 is 0 Å². The van der Waals surface area contributed by atoms with Crippen molar-refractivity contribution in [1.29, 1.82) is 0 Å². The Morgan fingerprint density at radius 2 is 2.12 bits per heavy atom. The lowest BCUT2D eigenvalue weighted by molar-refractivity contribution is 0.315. The number of rotatable bonds is 8. The van der Waals surface area contributed by atoms with E-state index in [9.17, 15) is 0 Å². The predicted octanol–water partition coefficient (Wildman–Crippen LogP) is 2.66. The van der Waals surface area contributed by atoms with E-state index in [1.165, 1.54) is 23.4 Å². The second kappa shape index (κ2) is 7.80. The normalized spacial score (nSPS) is 11.6. The summed E-state index contributed by atoms with van der Waals surface area (Å²) in [6.45, 7) is 9.74. The van der Waals surface area contributed by atoms with E-state index in [4.69, 9.17) is 0 Å². The summed E-state index contributed by atoms with van der Waals surface area (Å²) in [5, 5.41) is 3.59. The lowest BCUT2D eigenvalue weighted by atomic mass is 10.2. The lowest BCUT2D eigenvalue weighted by Crippen LogP contribution is -2.35. The SMILES string of the molecule is CCC(CC)NCCN(C)Cc1scnc1C. The minimum atomic E-state index is 0.675. The molecule has 0 fully saturated rings. The zero-order valence-electron chi connectivity index (χ0n) is 11.5. The Labute approximate surface area is 109 Å². The van der Waals surface area contributed by atoms with Gasteiger partial charge in [-0.2, -0.15) is 0 Å². The Hall–Kier alpha value is -0.450. The van der Waals surface area contributed by atoms with E-state index < -0.39 is 0 Å². The molecule has 0 bridgehead atoms. The zero-order chi connectivity index (χ0) is 12.7. The van der Waals surface area contributed by atoms with Gasteiger partial charge in [0.05, 0.1) is 11.2 Å². The molecule has 1 N–H and O–H groups in total. The molecule has 0 aliphatic rings. The Kier molecular flexibility index (Phi) is 6.70. The molecule has 0 aliphatic carbocycles. The van der Waals surface area contributed by atoms with Gasteiger partial charge in [-0.15, -0.1) is 11.3 Å². The highest BCUT2D eigenvalue weighted by atomic mass is 32.1. The highest BCUT2D eigenvalue weighted by Crippen LogP contribution is 2.13. The Morgan fingerprint density at radius 3 is 2.65 bits per heavy atom. The van der Waals surface area contributed by atoms with Crippen LogP contribution in [0.4, 0.5) is 0 Å². The summed E-state index contributed by atoms with van der Waals surface area (Å²) in [6, 6.07) is 0.675. The van der Waals surface area contributed by atoms with Crippen LogP contribution < -0.4 is 5.32 Å². The van der Waals surface area contributed by atoms with Crippen molar-refractivity contribution in [3.8, 4) is 0 Å². The van der Waals surface area contributed by atoms with Gasteiger partial charge in [-0.1, -0.05) is 13.8 Å². The van der Waals surface area contributed by atoms with Gasteiger partial charge in [0.15, 0.2) is 0 Å². The molecular formula is C13H25N3S. The molecule has 0 saturated carbocycles. The van der Waals surface area contributed by atoms with Gasteiger partial charge in [-0.25, -0.2) is 4.98 Å². The highest BCUT2D eigenvalue weighted by molar-refractivity contribution is 7.09. The second-order valence-electron chi connectivity index (χ2n) is 4.57. The summed E-state index contributed by atoms with van der Waals surface area (Å²) in [5.74, 6) is 0. The highest BCUT2D eigenvalue weighted by Gasteiger charge is 2.06. The van der Waals surface area contributed by atoms with Crippen molar-refractivity contribution in [1.82, 2.24) is 15.2 Å². The fourth-order valence-corrected chi connectivity index (χ4v) is 2.70. The third-order valence-electron chi connectivity index (χ3n) is 3.17. The maximum Gasteiger partial charge on any atom is 0.0798 e. The molecule has 0 unspecified atom stereocenters. The summed E-state index contributed by atoms with van der Waals surface area (Å²) in [7, 11) is 2.17. The quantitative estimate of drug-likeness (QED) is 0.774. The second-order valence-corrected chi connectivity index (χ2v) is 5.51. The van der Waals surface area contributed by atoms with Gasteiger partial charge in [0.2, 0.25) is 0 Å². The Morgan fingerprint density at radius 1 is 1.41 bits per heavy atom. The summed E-state index contributed by atoms with van der Waals surface area (Å²) in [4.78, 5) is 8.02. The van der Waals surface area contributed by atoms with Crippen LogP contribution in [0.2, 0.25) is 0 Å². The lowest BCUT2D eigenvalue weighted by Gasteiger charge is -2.19. The van der Waals surface area contributed by atoms with E-state index >= 15 is 0 Å². The zero-order valence-corrected chi connectivity index (χ0v) is 12.3. The molecule has 98 valence electrons. The molecule has 1 aromatic heterocycles.